The van der Waals surface area contributed by atoms with Gasteiger partial charge in [0.25, 0.3) is 0 Å². The van der Waals surface area contributed by atoms with Crippen molar-refractivity contribution in [1.82, 2.24) is 19.8 Å². The van der Waals surface area contributed by atoms with E-state index < -0.39 is 5.82 Å². The lowest BCUT2D eigenvalue weighted by atomic mass is 9.88. The molecule has 1 amide bonds. The molecule has 0 saturated carbocycles. The highest BCUT2D eigenvalue weighted by atomic mass is 19.1. The predicted octanol–water partition coefficient (Wildman–Crippen LogP) is 2.70. The van der Waals surface area contributed by atoms with Crippen LogP contribution < -0.4 is 5.73 Å². The first-order valence-corrected chi connectivity index (χ1v) is 11.5. The van der Waals surface area contributed by atoms with E-state index in [9.17, 15) is 9.18 Å². The number of hydrogen-bond acceptors (Lipinski definition) is 7. The van der Waals surface area contributed by atoms with Crippen LogP contribution in [0, 0.1) is 17.7 Å². The maximum absolute atomic E-state index is 14.3. The van der Waals surface area contributed by atoms with Crippen molar-refractivity contribution in [2.24, 2.45) is 17.0 Å². The van der Waals surface area contributed by atoms with Gasteiger partial charge in [-0.2, -0.15) is 0 Å². The van der Waals surface area contributed by atoms with Gasteiger partial charge in [0.15, 0.2) is 5.82 Å². The van der Waals surface area contributed by atoms with Gasteiger partial charge in [-0.15, -0.1) is 0 Å². The highest BCUT2D eigenvalue weighted by Crippen LogP contribution is 2.27. The Labute approximate surface area is 193 Å². The van der Waals surface area contributed by atoms with Crippen molar-refractivity contribution < 1.29 is 14.0 Å². The van der Waals surface area contributed by atoms with Crippen molar-refractivity contribution in [3.05, 3.63) is 53.7 Å². The molecule has 4 heterocycles. The van der Waals surface area contributed by atoms with Gasteiger partial charge in [0.1, 0.15) is 24.3 Å². The third kappa shape index (κ3) is 5.65. The second-order valence-electron chi connectivity index (χ2n) is 8.73. The van der Waals surface area contributed by atoms with Crippen LogP contribution >= 0.6 is 0 Å². The van der Waals surface area contributed by atoms with Crippen LogP contribution in [0.25, 0.3) is 0 Å². The summed E-state index contributed by atoms with van der Waals surface area (Å²) in [6.07, 6.45) is 6.43. The number of piperidine rings is 2. The molecule has 0 bridgehead atoms. The van der Waals surface area contributed by atoms with E-state index in [1.807, 2.05) is 17.0 Å². The van der Waals surface area contributed by atoms with Crippen LogP contribution in [-0.2, 0) is 16.2 Å². The number of anilines is 1. The van der Waals surface area contributed by atoms with E-state index in [4.69, 9.17) is 10.6 Å². The number of aromatic nitrogens is 2. The topological polar surface area (TPSA) is 96.9 Å². The van der Waals surface area contributed by atoms with Crippen LogP contribution in [0.2, 0.25) is 0 Å². The molecule has 2 aliphatic rings. The van der Waals surface area contributed by atoms with E-state index >= 15 is 0 Å². The lowest BCUT2D eigenvalue weighted by Crippen LogP contribution is -2.46. The summed E-state index contributed by atoms with van der Waals surface area (Å²) >= 11 is 0. The fourth-order valence-electron chi connectivity index (χ4n) is 4.80. The maximum Gasteiger partial charge on any atom is 0.225 e. The van der Waals surface area contributed by atoms with E-state index in [0.29, 0.717) is 37.5 Å². The SMILES string of the molecule is CO/N=C(/c1ncccc1F)C1CCN(C(=O)C2CCN(Cc3ccnc(N)c3)CC2)CC1. The number of oxime groups is 1. The van der Waals surface area contributed by atoms with E-state index in [-0.39, 0.29) is 23.4 Å². The van der Waals surface area contributed by atoms with E-state index in [1.165, 1.54) is 13.2 Å². The van der Waals surface area contributed by atoms with Crippen LogP contribution in [0.3, 0.4) is 0 Å². The number of carbonyl (C=O) groups is 1. The number of pyridine rings is 2. The summed E-state index contributed by atoms with van der Waals surface area (Å²) in [5.74, 6) is 0.419. The molecule has 0 aliphatic carbocycles. The minimum absolute atomic E-state index is 0.00745. The third-order valence-electron chi connectivity index (χ3n) is 6.57. The second kappa shape index (κ2) is 10.7. The van der Waals surface area contributed by atoms with Gasteiger partial charge in [0.05, 0.1) is 0 Å². The third-order valence-corrected chi connectivity index (χ3v) is 6.57. The van der Waals surface area contributed by atoms with Crippen molar-refractivity contribution in [3.8, 4) is 0 Å². The lowest BCUT2D eigenvalue weighted by Gasteiger charge is -2.37. The number of hydrogen-bond donors (Lipinski definition) is 1. The number of likely N-dealkylation sites (tertiary alicyclic amines) is 2. The molecule has 8 nitrogen and oxygen atoms in total. The van der Waals surface area contributed by atoms with Gasteiger partial charge in [0.2, 0.25) is 5.91 Å². The van der Waals surface area contributed by atoms with Crippen LogP contribution in [0.15, 0.2) is 41.8 Å². The highest BCUT2D eigenvalue weighted by molar-refractivity contribution is 6.00. The monoisotopic (exact) mass is 454 g/mol. The summed E-state index contributed by atoms with van der Waals surface area (Å²) in [6, 6.07) is 6.82. The van der Waals surface area contributed by atoms with Gasteiger partial charge in [-0.05, 0) is 68.6 Å². The first-order chi connectivity index (χ1) is 16.0. The average molecular weight is 455 g/mol. The normalized spacial score (nSPS) is 19.0. The number of halogens is 1. The summed E-state index contributed by atoms with van der Waals surface area (Å²) in [5.41, 5.74) is 7.67. The number of rotatable bonds is 6. The number of amides is 1. The van der Waals surface area contributed by atoms with Crippen LogP contribution in [0.1, 0.15) is 36.9 Å². The number of nitrogen functional groups attached to an aromatic ring is 1. The predicted molar refractivity (Wildman–Crippen MR) is 124 cm³/mol. The number of nitrogens with two attached hydrogens (primary N) is 1. The molecule has 0 aromatic carbocycles. The molecule has 2 fully saturated rings. The second-order valence-corrected chi connectivity index (χ2v) is 8.73. The van der Waals surface area contributed by atoms with Gasteiger partial charge in [-0.25, -0.2) is 9.37 Å². The summed E-state index contributed by atoms with van der Waals surface area (Å²) in [5, 5.41) is 4.08. The lowest BCUT2D eigenvalue weighted by molar-refractivity contribution is -0.138. The molecule has 2 aliphatic heterocycles. The van der Waals surface area contributed by atoms with Crippen molar-refractivity contribution >= 4 is 17.4 Å². The quantitative estimate of drug-likeness (QED) is 0.533. The van der Waals surface area contributed by atoms with E-state index in [2.05, 4.69) is 20.0 Å². The number of carbonyl (C=O) groups excluding carboxylic acids is 1. The molecule has 2 N–H and O–H groups in total. The van der Waals surface area contributed by atoms with Crippen molar-refractivity contribution in [2.45, 2.75) is 32.2 Å². The summed E-state index contributed by atoms with van der Waals surface area (Å²) < 4.78 is 14.3. The Morgan fingerprint density at radius 1 is 1.12 bits per heavy atom. The first-order valence-electron chi connectivity index (χ1n) is 11.5. The standard InChI is InChI=1S/C24H31FN6O2/c1-33-29-22(23-20(25)3-2-9-28-23)18-7-13-31(14-8-18)24(32)19-5-11-30(12-6-19)16-17-4-10-27-21(26)15-17/h2-4,9-10,15,18-19H,5-8,11-14,16H2,1H3,(H2,26,27)/b29-22+. The Balaban J connectivity index is 1.29. The van der Waals surface area contributed by atoms with Crippen LogP contribution in [0.5, 0.6) is 0 Å². The smallest absolute Gasteiger partial charge is 0.225 e. The van der Waals surface area contributed by atoms with Crippen molar-refractivity contribution in [1.29, 1.82) is 0 Å². The zero-order valence-electron chi connectivity index (χ0n) is 19.0. The van der Waals surface area contributed by atoms with Gasteiger partial charge < -0.3 is 15.5 Å². The van der Waals surface area contributed by atoms with Crippen molar-refractivity contribution in [3.63, 3.8) is 0 Å². The van der Waals surface area contributed by atoms with E-state index in [0.717, 1.165) is 38.0 Å². The van der Waals surface area contributed by atoms with Crippen molar-refractivity contribution in [2.75, 3.05) is 39.0 Å². The average Bonchev–Trinajstić information content (AvgIpc) is 2.83. The fourth-order valence-corrected chi connectivity index (χ4v) is 4.80. The zero-order valence-corrected chi connectivity index (χ0v) is 19.0. The Hall–Kier alpha value is -3.07. The molecule has 2 aromatic heterocycles. The van der Waals surface area contributed by atoms with Gasteiger partial charge in [0, 0.05) is 43.9 Å². The molecular weight excluding hydrogens is 423 g/mol. The molecular formula is C24H31FN6O2. The van der Waals surface area contributed by atoms with Gasteiger partial charge in [-0.1, -0.05) is 5.16 Å². The zero-order chi connectivity index (χ0) is 23.2. The maximum atomic E-state index is 14.3. The molecule has 33 heavy (non-hydrogen) atoms. The van der Waals surface area contributed by atoms with Gasteiger partial charge >= 0.3 is 0 Å². The Morgan fingerprint density at radius 3 is 2.52 bits per heavy atom. The molecule has 2 saturated heterocycles. The van der Waals surface area contributed by atoms with Gasteiger partial charge in [-0.3, -0.25) is 14.7 Å². The first kappa shape index (κ1) is 23.1. The molecule has 0 radical (unpaired) electrons. The molecule has 4 rings (SSSR count). The Morgan fingerprint density at radius 2 is 1.85 bits per heavy atom. The van der Waals surface area contributed by atoms with Crippen LogP contribution in [0.4, 0.5) is 10.2 Å². The summed E-state index contributed by atoms with van der Waals surface area (Å²) in [6.45, 7) is 3.87. The minimum atomic E-state index is -0.409. The number of nitrogens with zero attached hydrogens (tertiary/aromatic N) is 5. The molecule has 0 unspecified atom stereocenters. The van der Waals surface area contributed by atoms with E-state index in [1.54, 1.807) is 18.5 Å². The van der Waals surface area contributed by atoms with Crippen LogP contribution in [-0.4, -0.2) is 64.7 Å². The highest BCUT2D eigenvalue weighted by Gasteiger charge is 2.33. The summed E-state index contributed by atoms with van der Waals surface area (Å²) in [7, 11) is 1.45. The molecule has 0 spiro atoms. The molecule has 9 heteroatoms. The molecule has 0 atom stereocenters. The molecule has 176 valence electrons. The minimum Gasteiger partial charge on any atom is -0.399 e. The summed E-state index contributed by atoms with van der Waals surface area (Å²) in [4.78, 5) is 30.6. The Bertz CT molecular complexity index is 984. The molecule has 2 aromatic rings. The Kier molecular flexibility index (Phi) is 7.49. The fraction of sp³-hybridized carbons (Fsp3) is 0.500. The largest absolute Gasteiger partial charge is 0.399 e.